The van der Waals surface area contributed by atoms with Crippen molar-refractivity contribution in [2.24, 2.45) is 0 Å². The molecule has 0 bridgehead atoms. The van der Waals surface area contributed by atoms with E-state index in [9.17, 15) is 4.79 Å². The minimum absolute atomic E-state index is 0.232. The van der Waals surface area contributed by atoms with E-state index < -0.39 is 0 Å². The summed E-state index contributed by atoms with van der Waals surface area (Å²) in [4.78, 5) is 13.8. The van der Waals surface area contributed by atoms with Gasteiger partial charge in [0.15, 0.2) is 5.75 Å². The van der Waals surface area contributed by atoms with Crippen LogP contribution < -0.4 is 14.8 Å². The highest BCUT2D eigenvalue weighted by atomic mass is 16.5. The van der Waals surface area contributed by atoms with Gasteiger partial charge in [0, 0.05) is 13.1 Å². The van der Waals surface area contributed by atoms with E-state index in [0.29, 0.717) is 11.7 Å². The Morgan fingerprint density at radius 1 is 1.29 bits per heavy atom. The van der Waals surface area contributed by atoms with Gasteiger partial charge in [-0.05, 0) is 73.5 Å². The third-order valence-corrected chi connectivity index (χ3v) is 5.81. The minimum Gasteiger partial charge on any atom is -0.496 e. The molecule has 1 atom stereocenters. The normalized spacial score (nSPS) is 18.1. The molecule has 5 heteroatoms. The predicted octanol–water partition coefficient (Wildman–Crippen LogP) is 3.62. The van der Waals surface area contributed by atoms with E-state index in [1.165, 1.54) is 29.5 Å². The Morgan fingerprint density at radius 3 is 3.04 bits per heavy atom. The molecule has 0 fully saturated rings. The molecule has 0 saturated carbocycles. The first-order valence-electron chi connectivity index (χ1n) is 10.1. The number of rotatable bonds is 6. The molecule has 0 radical (unpaired) electrons. The van der Waals surface area contributed by atoms with Gasteiger partial charge in [0.25, 0.3) is 0 Å². The standard InChI is InChI=1S/C23H28N2O3/c1-25(12-11-16-9-10-22-20(13-16)24-14-23(26)28-22)15-17-5-3-7-19-18(17)6-4-8-21(19)27-2/h4,6,8-10,13,17,24H,3,5,7,11-12,14-15H2,1-2H3. The first kappa shape index (κ1) is 18.8. The first-order valence-corrected chi connectivity index (χ1v) is 10.1. The van der Waals surface area contributed by atoms with E-state index in [4.69, 9.17) is 9.47 Å². The molecule has 1 heterocycles. The molecule has 5 nitrogen and oxygen atoms in total. The second kappa shape index (κ2) is 8.23. The quantitative estimate of drug-likeness (QED) is 0.613. The Kier molecular flexibility index (Phi) is 5.53. The van der Waals surface area contributed by atoms with Crippen LogP contribution in [-0.4, -0.2) is 44.7 Å². The van der Waals surface area contributed by atoms with Crippen LogP contribution in [0.1, 0.15) is 35.4 Å². The number of ether oxygens (including phenoxy) is 2. The van der Waals surface area contributed by atoms with E-state index in [1.54, 1.807) is 7.11 Å². The molecule has 4 rings (SSSR count). The number of hydrogen-bond donors (Lipinski definition) is 1. The molecule has 2 aromatic carbocycles. The molecule has 2 aromatic rings. The summed E-state index contributed by atoms with van der Waals surface area (Å²) in [6.45, 7) is 2.29. The maximum Gasteiger partial charge on any atom is 0.330 e. The largest absolute Gasteiger partial charge is 0.496 e. The number of benzene rings is 2. The zero-order valence-electron chi connectivity index (χ0n) is 16.7. The summed E-state index contributed by atoms with van der Waals surface area (Å²) >= 11 is 0. The molecule has 1 N–H and O–H groups in total. The molecular formula is C23H28N2O3. The molecule has 0 aromatic heterocycles. The molecule has 28 heavy (non-hydrogen) atoms. The topological polar surface area (TPSA) is 50.8 Å². The van der Waals surface area contributed by atoms with Gasteiger partial charge in [0.05, 0.1) is 12.8 Å². The lowest BCUT2D eigenvalue weighted by Gasteiger charge is -2.30. The number of carbonyl (C=O) groups excluding carboxylic acids is 1. The summed E-state index contributed by atoms with van der Waals surface area (Å²) in [5.41, 5.74) is 5.01. The van der Waals surface area contributed by atoms with Crippen LogP contribution in [0.3, 0.4) is 0 Å². The van der Waals surface area contributed by atoms with Gasteiger partial charge >= 0.3 is 5.97 Å². The van der Waals surface area contributed by atoms with Crippen LogP contribution >= 0.6 is 0 Å². The van der Waals surface area contributed by atoms with Gasteiger partial charge in [-0.3, -0.25) is 0 Å². The molecule has 1 aliphatic heterocycles. The van der Waals surface area contributed by atoms with Gasteiger partial charge in [-0.15, -0.1) is 0 Å². The number of likely N-dealkylation sites (N-methyl/N-ethyl adjacent to an activating group) is 1. The fourth-order valence-electron chi connectivity index (χ4n) is 4.37. The highest BCUT2D eigenvalue weighted by molar-refractivity contribution is 5.83. The van der Waals surface area contributed by atoms with E-state index in [-0.39, 0.29) is 12.5 Å². The Labute approximate surface area is 166 Å². The van der Waals surface area contributed by atoms with Crippen molar-refractivity contribution in [3.05, 3.63) is 53.1 Å². The highest BCUT2D eigenvalue weighted by Gasteiger charge is 2.24. The fraction of sp³-hybridized carbons (Fsp3) is 0.435. The van der Waals surface area contributed by atoms with Gasteiger partial charge in [0.1, 0.15) is 12.3 Å². The fourth-order valence-corrected chi connectivity index (χ4v) is 4.37. The molecule has 2 aliphatic rings. The number of esters is 1. The Hall–Kier alpha value is -2.53. The van der Waals surface area contributed by atoms with Crippen LogP contribution in [-0.2, 0) is 17.6 Å². The average molecular weight is 380 g/mol. The lowest BCUT2D eigenvalue weighted by Crippen LogP contribution is -2.29. The number of fused-ring (bicyclic) bond motifs is 2. The SMILES string of the molecule is COc1cccc2c1CCCC2CN(C)CCc1ccc2c(c1)NCC(=O)O2. The van der Waals surface area contributed by atoms with Crippen LogP contribution in [0.15, 0.2) is 36.4 Å². The van der Waals surface area contributed by atoms with Crippen LogP contribution in [0, 0.1) is 0 Å². The second-order valence-corrected chi connectivity index (χ2v) is 7.79. The van der Waals surface area contributed by atoms with Crippen LogP contribution in [0.2, 0.25) is 0 Å². The third kappa shape index (κ3) is 3.99. The van der Waals surface area contributed by atoms with E-state index in [2.05, 4.69) is 41.5 Å². The molecule has 0 amide bonds. The summed E-state index contributed by atoms with van der Waals surface area (Å²) in [6.07, 6.45) is 4.54. The molecule has 1 unspecified atom stereocenters. The van der Waals surface area contributed by atoms with Gasteiger partial charge in [-0.2, -0.15) is 0 Å². The lowest BCUT2D eigenvalue weighted by molar-refractivity contribution is -0.132. The number of carbonyl (C=O) groups is 1. The van der Waals surface area contributed by atoms with Crippen molar-refractivity contribution < 1.29 is 14.3 Å². The maximum atomic E-state index is 11.3. The molecule has 0 spiro atoms. The number of nitrogens with one attached hydrogen (secondary N) is 1. The van der Waals surface area contributed by atoms with Crippen LogP contribution in [0.5, 0.6) is 11.5 Å². The van der Waals surface area contributed by atoms with Crippen molar-refractivity contribution in [3.63, 3.8) is 0 Å². The van der Waals surface area contributed by atoms with Gasteiger partial charge in [-0.1, -0.05) is 18.2 Å². The Balaban J connectivity index is 1.37. The van der Waals surface area contributed by atoms with Crippen LogP contribution in [0.4, 0.5) is 5.69 Å². The van der Waals surface area contributed by atoms with E-state index >= 15 is 0 Å². The van der Waals surface area contributed by atoms with Crippen molar-refractivity contribution in [1.29, 1.82) is 0 Å². The van der Waals surface area contributed by atoms with Gasteiger partial charge in [-0.25, -0.2) is 4.79 Å². The maximum absolute atomic E-state index is 11.3. The van der Waals surface area contributed by atoms with Gasteiger partial charge in [0.2, 0.25) is 0 Å². The summed E-state index contributed by atoms with van der Waals surface area (Å²) in [6, 6.07) is 12.5. The zero-order valence-corrected chi connectivity index (χ0v) is 16.7. The van der Waals surface area contributed by atoms with E-state index in [1.807, 2.05) is 12.1 Å². The molecular weight excluding hydrogens is 352 g/mol. The summed E-state index contributed by atoms with van der Waals surface area (Å²) in [7, 11) is 3.96. The predicted molar refractivity (Wildman–Crippen MR) is 110 cm³/mol. The lowest BCUT2D eigenvalue weighted by atomic mass is 9.82. The van der Waals surface area contributed by atoms with Crippen molar-refractivity contribution in [2.75, 3.05) is 39.1 Å². The average Bonchev–Trinajstić information content (AvgIpc) is 2.72. The molecule has 0 saturated heterocycles. The van der Waals surface area contributed by atoms with Crippen molar-refractivity contribution >= 4 is 11.7 Å². The number of methoxy groups -OCH3 is 1. The van der Waals surface area contributed by atoms with Gasteiger partial charge < -0.3 is 19.7 Å². The zero-order chi connectivity index (χ0) is 19.5. The number of hydrogen-bond acceptors (Lipinski definition) is 5. The third-order valence-electron chi connectivity index (χ3n) is 5.81. The number of nitrogens with zero attached hydrogens (tertiary/aromatic N) is 1. The van der Waals surface area contributed by atoms with Crippen LogP contribution in [0.25, 0.3) is 0 Å². The molecule has 148 valence electrons. The summed E-state index contributed by atoms with van der Waals surface area (Å²) in [5.74, 6) is 1.99. The van der Waals surface area contributed by atoms with Crippen molar-refractivity contribution in [2.45, 2.75) is 31.6 Å². The highest BCUT2D eigenvalue weighted by Crippen LogP contribution is 2.37. The van der Waals surface area contributed by atoms with E-state index in [0.717, 1.165) is 37.4 Å². The summed E-state index contributed by atoms with van der Waals surface area (Å²) in [5, 5.41) is 3.13. The Morgan fingerprint density at radius 2 is 2.18 bits per heavy atom. The summed E-state index contributed by atoms with van der Waals surface area (Å²) < 4.78 is 10.8. The van der Waals surface area contributed by atoms with Crippen molar-refractivity contribution in [3.8, 4) is 11.5 Å². The smallest absolute Gasteiger partial charge is 0.330 e. The Bertz CT molecular complexity index is 865. The monoisotopic (exact) mass is 380 g/mol. The minimum atomic E-state index is -0.232. The second-order valence-electron chi connectivity index (χ2n) is 7.79. The van der Waals surface area contributed by atoms with Crippen molar-refractivity contribution in [1.82, 2.24) is 4.90 Å². The number of anilines is 1. The first-order chi connectivity index (χ1) is 13.6. The molecule has 1 aliphatic carbocycles.